The zero-order chi connectivity index (χ0) is 32.0. The van der Waals surface area contributed by atoms with Crippen molar-refractivity contribution in [3.63, 3.8) is 0 Å². The molecule has 0 aliphatic rings. The Labute approximate surface area is 262 Å². The molecule has 7 heteroatoms. The molecular weight excluding hydrogens is 544 g/mol. The van der Waals surface area contributed by atoms with Gasteiger partial charge < -0.3 is 24.8 Å². The first kappa shape index (κ1) is 40.8. The summed E-state index contributed by atoms with van der Waals surface area (Å²) in [6.45, 7) is 6.19. The molecule has 0 amide bonds. The van der Waals surface area contributed by atoms with Crippen LogP contribution in [-0.2, 0) is 19.1 Å². The van der Waals surface area contributed by atoms with E-state index in [1.165, 1.54) is 32.1 Å². The molecule has 0 aromatic carbocycles. The Bertz CT molecular complexity index is 786. The summed E-state index contributed by atoms with van der Waals surface area (Å²) in [7, 11) is 0. The van der Waals surface area contributed by atoms with Crippen LogP contribution in [0, 0.1) is 5.92 Å². The molecular formula is C36H62O7. The van der Waals surface area contributed by atoms with Crippen molar-refractivity contribution in [1.29, 1.82) is 0 Å². The van der Waals surface area contributed by atoms with Gasteiger partial charge in [0, 0.05) is 12.8 Å². The average Bonchev–Trinajstić information content (AvgIpc) is 3.00. The Morgan fingerprint density at radius 2 is 1.09 bits per heavy atom. The van der Waals surface area contributed by atoms with Gasteiger partial charge in [0.1, 0.15) is 19.3 Å². The van der Waals surface area contributed by atoms with Crippen LogP contribution in [0.1, 0.15) is 130 Å². The van der Waals surface area contributed by atoms with Crippen molar-refractivity contribution < 1.29 is 34.4 Å². The molecule has 0 spiro atoms. The lowest BCUT2D eigenvalue weighted by molar-refractivity contribution is -0.152. The minimum Gasteiger partial charge on any atom is -0.463 e. The van der Waals surface area contributed by atoms with Crippen molar-refractivity contribution in [3.8, 4) is 0 Å². The molecule has 0 aliphatic heterocycles. The molecule has 0 rings (SSSR count). The van der Waals surface area contributed by atoms with Crippen LogP contribution in [-0.4, -0.2) is 58.8 Å². The van der Waals surface area contributed by atoms with E-state index in [-0.39, 0.29) is 32.0 Å². The third-order valence-electron chi connectivity index (χ3n) is 7.32. The molecule has 1 unspecified atom stereocenters. The van der Waals surface area contributed by atoms with Gasteiger partial charge in [-0.2, -0.15) is 0 Å². The van der Waals surface area contributed by atoms with E-state index < -0.39 is 24.3 Å². The SMILES string of the molecule is CC/C=C\C/C=C\C/C=C\C/C=C\C[C@H](O)[C@@H](O)CCCC(=O)OC[C@H](O)COC(=O)CCCCCCCCC(C)CC. The minimum absolute atomic E-state index is 0.0674. The number of ether oxygens (including phenoxy) is 2. The van der Waals surface area contributed by atoms with E-state index in [0.29, 0.717) is 19.3 Å². The van der Waals surface area contributed by atoms with Crippen LogP contribution in [0.5, 0.6) is 0 Å². The van der Waals surface area contributed by atoms with Crippen molar-refractivity contribution in [3.05, 3.63) is 48.6 Å². The molecule has 0 aromatic heterocycles. The van der Waals surface area contributed by atoms with Gasteiger partial charge in [0.25, 0.3) is 0 Å². The molecule has 4 atom stereocenters. The third-order valence-corrected chi connectivity index (χ3v) is 7.32. The Kier molecular flexibility index (Phi) is 28.3. The van der Waals surface area contributed by atoms with E-state index in [1.54, 1.807) is 0 Å². The zero-order valence-corrected chi connectivity index (χ0v) is 27.3. The summed E-state index contributed by atoms with van der Waals surface area (Å²) in [5, 5.41) is 30.2. The highest BCUT2D eigenvalue weighted by Crippen LogP contribution is 2.15. The molecule has 7 nitrogen and oxygen atoms in total. The molecule has 248 valence electrons. The van der Waals surface area contributed by atoms with E-state index >= 15 is 0 Å². The minimum atomic E-state index is -1.07. The number of esters is 2. The number of unbranched alkanes of at least 4 members (excludes halogenated alkanes) is 5. The molecule has 0 saturated heterocycles. The highest BCUT2D eigenvalue weighted by Gasteiger charge is 2.16. The molecule has 0 fully saturated rings. The van der Waals surface area contributed by atoms with E-state index in [0.717, 1.165) is 50.9 Å². The number of carbonyl (C=O) groups excluding carboxylic acids is 2. The first-order chi connectivity index (χ1) is 20.8. The first-order valence-electron chi connectivity index (χ1n) is 16.7. The van der Waals surface area contributed by atoms with Crippen molar-refractivity contribution in [2.45, 2.75) is 148 Å². The lowest BCUT2D eigenvalue weighted by atomic mass is 10.00. The van der Waals surface area contributed by atoms with Crippen LogP contribution in [0.2, 0.25) is 0 Å². The number of rotatable bonds is 28. The maximum Gasteiger partial charge on any atom is 0.305 e. The van der Waals surface area contributed by atoms with Crippen LogP contribution in [0.15, 0.2) is 48.6 Å². The highest BCUT2D eigenvalue weighted by atomic mass is 16.6. The molecule has 43 heavy (non-hydrogen) atoms. The van der Waals surface area contributed by atoms with Gasteiger partial charge >= 0.3 is 11.9 Å². The maximum absolute atomic E-state index is 11.9. The topological polar surface area (TPSA) is 113 Å². The molecule has 0 saturated carbocycles. The lowest BCUT2D eigenvalue weighted by Crippen LogP contribution is -2.26. The standard InChI is InChI=1S/C36H62O7/c1-4-6-7-8-9-10-11-12-13-14-18-21-25-33(38)34(39)26-23-28-36(41)43-30-32(37)29-42-35(40)27-22-19-16-15-17-20-24-31(3)5-2/h6-7,9-10,12-13,18,21,31-34,37-39H,4-5,8,11,14-17,19-20,22-30H2,1-3H3/b7-6-,10-9-,13-12-,21-18-/t31?,32-,33+,34+/m1/s1. The van der Waals surface area contributed by atoms with Gasteiger partial charge in [-0.1, -0.05) is 114 Å². The molecule has 0 radical (unpaired) electrons. The lowest BCUT2D eigenvalue weighted by Gasteiger charge is -2.16. The summed E-state index contributed by atoms with van der Waals surface area (Å²) in [4.78, 5) is 23.8. The van der Waals surface area contributed by atoms with Gasteiger partial charge in [-0.15, -0.1) is 0 Å². The summed E-state index contributed by atoms with van der Waals surface area (Å²) in [6.07, 6.45) is 27.8. The second kappa shape index (κ2) is 29.8. The van der Waals surface area contributed by atoms with Gasteiger partial charge in [-0.25, -0.2) is 0 Å². The number of carbonyl (C=O) groups is 2. The Balaban J connectivity index is 3.79. The number of hydrogen-bond acceptors (Lipinski definition) is 7. The van der Waals surface area contributed by atoms with Crippen LogP contribution < -0.4 is 0 Å². The van der Waals surface area contributed by atoms with Crippen molar-refractivity contribution in [1.82, 2.24) is 0 Å². The van der Waals surface area contributed by atoms with Gasteiger partial charge in [0.15, 0.2) is 0 Å². The van der Waals surface area contributed by atoms with Crippen molar-refractivity contribution in [2.75, 3.05) is 13.2 Å². The number of aliphatic hydroxyl groups is 3. The van der Waals surface area contributed by atoms with Gasteiger partial charge in [0.2, 0.25) is 0 Å². The zero-order valence-electron chi connectivity index (χ0n) is 27.3. The summed E-state index contributed by atoms with van der Waals surface area (Å²) in [5.74, 6) is -0.0458. The summed E-state index contributed by atoms with van der Waals surface area (Å²) < 4.78 is 10.1. The van der Waals surface area contributed by atoms with E-state index in [1.807, 2.05) is 12.2 Å². The number of aliphatic hydroxyl groups excluding tert-OH is 3. The third kappa shape index (κ3) is 28.3. The van der Waals surface area contributed by atoms with Gasteiger partial charge in [-0.05, 0) is 57.3 Å². The van der Waals surface area contributed by atoms with E-state index in [2.05, 4.69) is 57.2 Å². The largest absolute Gasteiger partial charge is 0.463 e. The van der Waals surface area contributed by atoms with Crippen LogP contribution >= 0.6 is 0 Å². The molecule has 0 heterocycles. The second-order valence-corrected chi connectivity index (χ2v) is 11.5. The molecule has 0 aromatic rings. The number of hydrogen-bond donors (Lipinski definition) is 3. The normalized spacial score (nSPS) is 15.0. The fourth-order valence-electron chi connectivity index (χ4n) is 4.26. The summed E-state index contributed by atoms with van der Waals surface area (Å²) in [5.41, 5.74) is 0. The second-order valence-electron chi connectivity index (χ2n) is 11.5. The fourth-order valence-corrected chi connectivity index (χ4v) is 4.26. The van der Waals surface area contributed by atoms with E-state index in [9.17, 15) is 24.9 Å². The predicted octanol–water partition coefficient (Wildman–Crippen LogP) is 7.69. The number of allylic oxidation sites excluding steroid dienone is 7. The van der Waals surface area contributed by atoms with E-state index in [4.69, 9.17) is 9.47 Å². The van der Waals surface area contributed by atoms with Gasteiger partial charge in [-0.3, -0.25) is 9.59 Å². The average molecular weight is 607 g/mol. The quantitative estimate of drug-likeness (QED) is 0.0475. The maximum atomic E-state index is 11.9. The Morgan fingerprint density at radius 3 is 1.65 bits per heavy atom. The van der Waals surface area contributed by atoms with Crippen LogP contribution in [0.4, 0.5) is 0 Å². The first-order valence-corrected chi connectivity index (χ1v) is 16.7. The van der Waals surface area contributed by atoms with Crippen molar-refractivity contribution >= 4 is 11.9 Å². The van der Waals surface area contributed by atoms with Crippen molar-refractivity contribution in [2.24, 2.45) is 5.92 Å². The predicted molar refractivity (Wildman–Crippen MR) is 175 cm³/mol. The van der Waals surface area contributed by atoms with Gasteiger partial charge in [0.05, 0.1) is 12.2 Å². The monoisotopic (exact) mass is 606 g/mol. The summed E-state index contributed by atoms with van der Waals surface area (Å²) in [6, 6.07) is 0. The fraction of sp³-hybridized carbons (Fsp3) is 0.722. The highest BCUT2D eigenvalue weighted by molar-refractivity contribution is 5.69. The Hall–Kier alpha value is -2.22. The van der Waals surface area contributed by atoms with Crippen LogP contribution in [0.25, 0.3) is 0 Å². The van der Waals surface area contributed by atoms with Crippen LogP contribution in [0.3, 0.4) is 0 Å². The summed E-state index contributed by atoms with van der Waals surface area (Å²) >= 11 is 0. The smallest absolute Gasteiger partial charge is 0.305 e. The molecule has 3 N–H and O–H groups in total. The molecule has 0 bridgehead atoms. The Morgan fingerprint density at radius 1 is 0.605 bits per heavy atom. The molecule has 0 aliphatic carbocycles.